The molecule has 0 atom stereocenters. The zero-order valence-electron chi connectivity index (χ0n) is 16.5. The number of nitrogens with zero attached hydrogens (tertiary/aromatic N) is 2. The van der Waals surface area contributed by atoms with Gasteiger partial charge in [-0.05, 0) is 35.9 Å². The second-order valence-corrected chi connectivity index (χ2v) is 7.18. The van der Waals surface area contributed by atoms with E-state index in [1.165, 1.54) is 12.1 Å². The van der Waals surface area contributed by atoms with Crippen molar-refractivity contribution in [2.24, 2.45) is 0 Å². The van der Waals surface area contributed by atoms with Crippen molar-refractivity contribution in [2.75, 3.05) is 58.0 Å². The van der Waals surface area contributed by atoms with E-state index in [4.69, 9.17) is 14.2 Å². The van der Waals surface area contributed by atoms with Crippen molar-refractivity contribution < 1.29 is 23.4 Å². The molecule has 0 unspecified atom stereocenters. The maximum absolute atomic E-state index is 13.8. The second kappa shape index (κ2) is 8.90. The van der Waals surface area contributed by atoms with Crippen LogP contribution in [0.2, 0.25) is 0 Å². The van der Waals surface area contributed by atoms with Crippen LogP contribution in [0.3, 0.4) is 0 Å². The Morgan fingerprint density at radius 3 is 2.66 bits per heavy atom. The van der Waals surface area contributed by atoms with Gasteiger partial charge in [0.25, 0.3) is 5.91 Å². The second-order valence-electron chi connectivity index (χ2n) is 7.18. The highest BCUT2D eigenvalue weighted by Crippen LogP contribution is 2.35. The van der Waals surface area contributed by atoms with Crippen LogP contribution in [-0.4, -0.2) is 63.9 Å². The van der Waals surface area contributed by atoms with Crippen LogP contribution in [0.1, 0.15) is 5.56 Å². The van der Waals surface area contributed by atoms with E-state index in [0.717, 1.165) is 49.7 Å². The summed E-state index contributed by atoms with van der Waals surface area (Å²) in [6, 6.07) is 10.2. The van der Waals surface area contributed by atoms with Crippen molar-refractivity contribution in [3.63, 3.8) is 0 Å². The predicted molar refractivity (Wildman–Crippen MR) is 108 cm³/mol. The van der Waals surface area contributed by atoms with Crippen LogP contribution in [0.25, 0.3) is 11.1 Å². The molecule has 2 aliphatic heterocycles. The van der Waals surface area contributed by atoms with Crippen molar-refractivity contribution in [3.8, 4) is 16.9 Å². The number of benzene rings is 2. The van der Waals surface area contributed by atoms with Crippen LogP contribution in [0.15, 0.2) is 36.4 Å². The van der Waals surface area contributed by atoms with Crippen LogP contribution < -0.4 is 9.64 Å². The molecule has 1 saturated heterocycles. The first-order chi connectivity index (χ1) is 14.2. The molecule has 0 radical (unpaired) electrons. The molecule has 2 heterocycles. The molecule has 2 aliphatic rings. The summed E-state index contributed by atoms with van der Waals surface area (Å²) >= 11 is 0. The Kier molecular flexibility index (Phi) is 6.08. The fourth-order valence-corrected chi connectivity index (χ4v) is 3.81. The van der Waals surface area contributed by atoms with Crippen molar-refractivity contribution in [1.82, 2.24) is 4.90 Å². The molecule has 154 valence electrons. The minimum absolute atomic E-state index is 0.0481. The van der Waals surface area contributed by atoms with Gasteiger partial charge in [0, 0.05) is 43.0 Å². The van der Waals surface area contributed by atoms with Gasteiger partial charge in [0.1, 0.15) is 18.2 Å². The van der Waals surface area contributed by atoms with E-state index in [2.05, 4.69) is 4.90 Å². The van der Waals surface area contributed by atoms with Gasteiger partial charge in [-0.15, -0.1) is 0 Å². The molecular weight excluding hydrogens is 375 g/mol. The quantitative estimate of drug-likeness (QED) is 0.773. The van der Waals surface area contributed by atoms with E-state index >= 15 is 0 Å². The van der Waals surface area contributed by atoms with Gasteiger partial charge in [-0.1, -0.05) is 6.07 Å². The molecule has 29 heavy (non-hydrogen) atoms. The van der Waals surface area contributed by atoms with E-state index < -0.39 is 0 Å². The maximum atomic E-state index is 13.8. The summed E-state index contributed by atoms with van der Waals surface area (Å²) in [5, 5.41) is 0. The Morgan fingerprint density at radius 2 is 1.86 bits per heavy atom. The van der Waals surface area contributed by atoms with E-state index in [0.29, 0.717) is 24.5 Å². The third kappa shape index (κ3) is 4.42. The first-order valence-corrected chi connectivity index (χ1v) is 9.81. The molecule has 0 aromatic heterocycles. The van der Waals surface area contributed by atoms with Gasteiger partial charge in [0.2, 0.25) is 0 Å². The number of hydrogen-bond donors (Lipinski definition) is 0. The number of fused-ring (bicyclic) bond motifs is 1. The Bertz CT molecular complexity index is 883. The van der Waals surface area contributed by atoms with E-state index in [9.17, 15) is 9.18 Å². The topological polar surface area (TPSA) is 51.2 Å². The molecule has 2 aromatic carbocycles. The Morgan fingerprint density at radius 1 is 1.03 bits per heavy atom. The van der Waals surface area contributed by atoms with E-state index in [1.807, 2.05) is 18.2 Å². The molecule has 0 saturated carbocycles. The smallest absolute Gasteiger partial charge is 0.253 e. The monoisotopic (exact) mass is 400 g/mol. The zero-order chi connectivity index (χ0) is 20.2. The molecular formula is C22H25FN2O4. The number of anilines is 1. The first kappa shape index (κ1) is 19.8. The molecule has 0 aliphatic carbocycles. The third-order valence-corrected chi connectivity index (χ3v) is 5.37. The molecule has 0 spiro atoms. The number of halogens is 1. The highest BCUT2D eigenvalue weighted by Gasteiger charge is 2.24. The predicted octanol–water partition coefficient (Wildman–Crippen LogP) is 2.70. The van der Waals surface area contributed by atoms with Crippen LogP contribution in [-0.2, 0) is 20.9 Å². The van der Waals surface area contributed by atoms with Crippen LogP contribution in [0.4, 0.5) is 10.1 Å². The van der Waals surface area contributed by atoms with E-state index in [-0.39, 0.29) is 18.3 Å². The number of amides is 1. The molecule has 0 bridgehead atoms. The standard InChI is InChI=1S/C22H25FN2O4/c1-27-21-5-3-18(23)13-19(21)16-2-4-20-17(12-16)14-29-15-22(26)25(20)7-6-24-8-10-28-11-9-24/h2-5,12-13H,6-11,14-15H2,1H3. The minimum atomic E-state index is -0.325. The average Bonchev–Trinajstić information content (AvgIpc) is 2.90. The van der Waals surface area contributed by atoms with Gasteiger partial charge >= 0.3 is 0 Å². The van der Waals surface area contributed by atoms with Crippen LogP contribution >= 0.6 is 0 Å². The van der Waals surface area contributed by atoms with Crippen molar-refractivity contribution in [1.29, 1.82) is 0 Å². The van der Waals surface area contributed by atoms with Gasteiger partial charge in [0.15, 0.2) is 0 Å². The van der Waals surface area contributed by atoms with Crippen molar-refractivity contribution >= 4 is 11.6 Å². The van der Waals surface area contributed by atoms with Crippen molar-refractivity contribution in [3.05, 3.63) is 47.8 Å². The molecule has 0 N–H and O–H groups in total. The number of morpholine rings is 1. The Labute approximate surface area is 169 Å². The average molecular weight is 400 g/mol. The molecule has 4 rings (SSSR count). The minimum Gasteiger partial charge on any atom is -0.496 e. The maximum Gasteiger partial charge on any atom is 0.253 e. The Balaban J connectivity index is 1.61. The van der Waals surface area contributed by atoms with Gasteiger partial charge < -0.3 is 19.1 Å². The summed E-state index contributed by atoms with van der Waals surface area (Å²) in [4.78, 5) is 16.7. The molecule has 6 nitrogen and oxygen atoms in total. The summed E-state index contributed by atoms with van der Waals surface area (Å²) < 4.78 is 30.2. The lowest BCUT2D eigenvalue weighted by molar-refractivity contribution is -0.123. The van der Waals surface area contributed by atoms with Crippen LogP contribution in [0, 0.1) is 5.82 Å². The molecule has 7 heteroatoms. The highest BCUT2D eigenvalue weighted by molar-refractivity contribution is 5.96. The third-order valence-electron chi connectivity index (χ3n) is 5.37. The molecule has 1 amide bonds. The van der Waals surface area contributed by atoms with Crippen molar-refractivity contribution in [2.45, 2.75) is 6.61 Å². The fraction of sp³-hybridized carbons (Fsp3) is 0.409. The van der Waals surface area contributed by atoms with Gasteiger partial charge in [-0.25, -0.2) is 4.39 Å². The number of carbonyl (C=O) groups excluding carboxylic acids is 1. The number of rotatable bonds is 5. The zero-order valence-corrected chi connectivity index (χ0v) is 16.5. The lowest BCUT2D eigenvalue weighted by Crippen LogP contribution is -2.43. The summed E-state index contributed by atoms with van der Waals surface area (Å²) in [5.41, 5.74) is 3.25. The lowest BCUT2D eigenvalue weighted by atomic mass is 10.0. The Hall–Kier alpha value is -2.48. The largest absolute Gasteiger partial charge is 0.496 e. The van der Waals surface area contributed by atoms with Crippen LogP contribution in [0.5, 0.6) is 5.75 Å². The number of hydrogen-bond acceptors (Lipinski definition) is 5. The number of ether oxygens (including phenoxy) is 3. The van der Waals surface area contributed by atoms with E-state index in [1.54, 1.807) is 18.1 Å². The summed E-state index contributed by atoms with van der Waals surface area (Å²) in [5.74, 6) is 0.226. The molecule has 1 fully saturated rings. The normalized spacial score (nSPS) is 17.7. The van der Waals surface area contributed by atoms with Gasteiger partial charge in [-0.3, -0.25) is 9.69 Å². The highest BCUT2D eigenvalue weighted by atomic mass is 19.1. The fourth-order valence-electron chi connectivity index (χ4n) is 3.81. The van der Waals surface area contributed by atoms with Gasteiger partial charge in [0.05, 0.1) is 26.9 Å². The number of methoxy groups -OCH3 is 1. The van der Waals surface area contributed by atoms with Gasteiger partial charge in [-0.2, -0.15) is 0 Å². The number of carbonyl (C=O) groups is 1. The molecule has 2 aromatic rings. The first-order valence-electron chi connectivity index (χ1n) is 9.81. The summed E-state index contributed by atoms with van der Waals surface area (Å²) in [6.45, 7) is 4.98. The summed E-state index contributed by atoms with van der Waals surface area (Å²) in [7, 11) is 1.56. The lowest BCUT2D eigenvalue weighted by Gasteiger charge is -2.30. The summed E-state index contributed by atoms with van der Waals surface area (Å²) in [6.07, 6.45) is 0. The SMILES string of the molecule is COc1ccc(F)cc1-c1ccc2c(c1)COCC(=O)N2CCN1CCOCC1.